The highest BCUT2D eigenvalue weighted by Crippen LogP contribution is 2.26. The van der Waals surface area contributed by atoms with Crippen molar-refractivity contribution in [1.82, 2.24) is 14.9 Å². The van der Waals surface area contributed by atoms with Crippen molar-refractivity contribution in [3.63, 3.8) is 0 Å². The van der Waals surface area contributed by atoms with Crippen LogP contribution in [0, 0.1) is 0 Å². The maximum absolute atomic E-state index is 11.4. The molecule has 7 heteroatoms. The summed E-state index contributed by atoms with van der Waals surface area (Å²) in [5.41, 5.74) is 1.37. The molecule has 2 N–H and O–H groups in total. The number of hydrogen-bond donors (Lipinski definition) is 2. The molecule has 1 aliphatic heterocycles. The van der Waals surface area contributed by atoms with Crippen LogP contribution in [0.5, 0.6) is 0 Å². The summed E-state index contributed by atoms with van der Waals surface area (Å²) in [6, 6.07) is 10.6. The molecule has 0 amide bonds. The number of sulfonamides is 1. The lowest BCUT2D eigenvalue weighted by Crippen LogP contribution is -2.40. The third-order valence-corrected chi connectivity index (χ3v) is 5.57. The lowest BCUT2D eigenvalue weighted by Gasteiger charge is -2.21. The molecule has 0 spiro atoms. The SMILES string of the molecule is CCNC(=NCCNS(=O)(=O)CC)N1CCC(c2ccccc2)C1. The number of nitrogens with one attached hydrogen (secondary N) is 2. The van der Waals surface area contributed by atoms with Crippen molar-refractivity contribution in [2.45, 2.75) is 26.2 Å². The Hall–Kier alpha value is -1.60. The van der Waals surface area contributed by atoms with Crippen LogP contribution in [-0.4, -0.2) is 57.8 Å². The predicted molar refractivity (Wildman–Crippen MR) is 98.8 cm³/mol. The van der Waals surface area contributed by atoms with Gasteiger partial charge in [0.25, 0.3) is 0 Å². The molecule has 134 valence electrons. The number of hydrogen-bond acceptors (Lipinski definition) is 3. The van der Waals surface area contributed by atoms with Crippen molar-refractivity contribution in [1.29, 1.82) is 0 Å². The van der Waals surface area contributed by atoms with Crippen LogP contribution in [0.25, 0.3) is 0 Å². The number of guanidine groups is 1. The molecule has 1 aromatic carbocycles. The van der Waals surface area contributed by atoms with E-state index in [4.69, 9.17) is 0 Å². The molecular weight excluding hydrogens is 324 g/mol. The zero-order chi connectivity index (χ0) is 17.4. The molecule has 0 saturated carbocycles. The molecule has 1 saturated heterocycles. The van der Waals surface area contributed by atoms with Crippen LogP contribution < -0.4 is 10.0 Å². The average Bonchev–Trinajstić information content (AvgIpc) is 3.08. The van der Waals surface area contributed by atoms with E-state index in [0.717, 1.165) is 32.0 Å². The highest BCUT2D eigenvalue weighted by molar-refractivity contribution is 7.89. The third kappa shape index (κ3) is 5.49. The van der Waals surface area contributed by atoms with Gasteiger partial charge in [0.2, 0.25) is 10.0 Å². The van der Waals surface area contributed by atoms with E-state index in [9.17, 15) is 8.42 Å². The van der Waals surface area contributed by atoms with Crippen molar-refractivity contribution in [2.75, 3.05) is 38.5 Å². The zero-order valence-corrected chi connectivity index (χ0v) is 15.3. The van der Waals surface area contributed by atoms with Gasteiger partial charge in [0.05, 0.1) is 12.3 Å². The van der Waals surface area contributed by atoms with Crippen molar-refractivity contribution in [2.24, 2.45) is 4.99 Å². The van der Waals surface area contributed by atoms with Crippen LogP contribution in [0.4, 0.5) is 0 Å². The van der Waals surface area contributed by atoms with Gasteiger partial charge < -0.3 is 10.2 Å². The highest BCUT2D eigenvalue weighted by atomic mass is 32.2. The predicted octanol–water partition coefficient (Wildman–Crippen LogP) is 1.38. The van der Waals surface area contributed by atoms with E-state index in [0.29, 0.717) is 19.0 Å². The van der Waals surface area contributed by atoms with Gasteiger partial charge in [0.15, 0.2) is 5.96 Å². The molecule has 1 aromatic rings. The first-order chi connectivity index (χ1) is 11.6. The maximum atomic E-state index is 11.4. The number of likely N-dealkylation sites (tertiary alicyclic amines) is 1. The fraction of sp³-hybridized carbons (Fsp3) is 0.588. The molecule has 1 aliphatic rings. The molecule has 1 unspecified atom stereocenters. The number of rotatable bonds is 7. The highest BCUT2D eigenvalue weighted by Gasteiger charge is 2.25. The first-order valence-electron chi connectivity index (χ1n) is 8.61. The largest absolute Gasteiger partial charge is 0.357 e. The second-order valence-electron chi connectivity index (χ2n) is 5.88. The summed E-state index contributed by atoms with van der Waals surface area (Å²) in [4.78, 5) is 6.82. The van der Waals surface area contributed by atoms with Gasteiger partial charge in [-0.1, -0.05) is 30.3 Å². The van der Waals surface area contributed by atoms with Gasteiger partial charge in [-0.2, -0.15) is 0 Å². The topological polar surface area (TPSA) is 73.8 Å². The average molecular weight is 353 g/mol. The van der Waals surface area contributed by atoms with Crippen molar-refractivity contribution in [3.8, 4) is 0 Å². The van der Waals surface area contributed by atoms with E-state index < -0.39 is 10.0 Å². The molecule has 6 nitrogen and oxygen atoms in total. The van der Waals surface area contributed by atoms with Crippen LogP contribution in [0.3, 0.4) is 0 Å². The molecule has 0 bridgehead atoms. The zero-order valence-electron chi connectivity index (χ0n) is 14.5. The van der Waals surface area contributed by atoms with Gasteiger partial charge in [0, 0.05) is 32.1 Å². The summed E-state index contributed by atoms with van der Waals surface area (Å²) in [5.74, 6) is 1.49. The molecule has 0 aliphatic carbocycles. The third-order valence-electron chi connectivity index (χ3n) is 4.17. The van der Waals surface area contributed by atoms with Crippen molar-refractivity contribution in [3.05, 3.63) is 35.9 Å². The fourth-order valence-electron chi connectivity index (χ4n) is 2.84. The van der Waals surface area contributed by atoms with E-state index in [1.54, 1.807) is 6.92 Å². The van der Waals surface area contributed by atoms with Gasteiger partial charge in [0.1, 0.15) is 0 Å². The Kier molecular flexibility index (Phi) is 7.05. The number of nitrogens with zero attached hydrogens (tertiary/aromatic N) is 2. The van der Waals surface area contributed by atoms with Gasteiger partial charge in [-0.05, 0) is 25.8 Å². The van der Waals surface area contributed by atoms with Crippen molar-refractivity contribution < 1.29 is 8.42 Å². The van der Waals surface area contributed by atoms with Crippen LogP contribution in [-0.2, 0) is 10.0 Å². The molecule has 1 fully saturated rings. The summed E-state index contributed by atoms with van der Waals surface area (Å²) >= 11 is 0. The molecular formula is C17H28N4O2S. The lowest BCUT2D eigenvalue weighted by molar-refractivity contribution is 0.486. The minimum atomic E-state index is -3.15. The van der Waals surface area contributed by atoms with Gasteiger partial charge in [-0.3, -0.25) is 4.99 Å². The fourth-order valence-corrected chi connectivity index (χ4v) is 3.45. The Morgan fingerprint density at radius 1 is 1.29 bits per heavy atom. The number of benzene rings is 1. The second-order valence-corrected chi connectivity index (χ2v) is 7.97. The maximum Gasteiger partial charge on any atom is 0.211 e. The summed E-state index contributed by atoms with van der Waals surface area (Å²) < 4.78 is 25.4. The first kappa shape index (κ1) is 18.7. The molecule has 24 heavy (non-hydrogen) atoms. The Morgan fingerprint density at radius 2 is 2.04 bits per heavy atom. The normalized spacial score (nSPS) is 18.8. The Bertz CT molecular complexity index is 631. The monoisotopic (exact) mass is 352 g/mol. The quantitative estimate of drug-likeness (QED) is 0.442. The van der Waals surface area contributed by atoms with E-state index in [1.165, 1.54) is 5.56 Å². The molecule has 0 aromatic heterocycles. The molecule has 1 atom stereocenters. The van der Waals surface area contributed by atoms with E-state index in [2.05, 4.69) is 44.2 Å². The lowest BCUT2D eigenvalue weighted by atomic mass is 9.99. The summed E-state index contributed by atoms with van der Waals surface area (Å²) in [6.07, 6.45) is 1.11. The standard InChI is InChI=1S/C17H28N4O2S/c1-3-18-17(19-11-12-20-24(22,23)4-2)21-13-10-16(14-21)15-8-6-5-7-9-15/h5-9,16,20H,3-4,10-14H2,1-2H3,(H,18,19). The van der Waals surface area contributed by atoms with Crippen LogP contribution in [0.1, 0.15) is 31.7 Å². The Balaban J connectivity index is 1.92. The molecule has 2 rings (SSSR count). The minimum absolute atomic E-state index is 0.0989. The minimum Gasteiger partial charge on any atom is -0.357 e. The summed E-state index contributed by atoms with van der Waals surface area (Å²) in [7, 11) is -3.15. The second kappa shape index (κ2) is 9.03. The van der Waals surface area contributed by atoms with Crippen LogP contribution in [0.15, 0.2) is 35.3 Å². The van der Waals surface area contributed by atoms with E-state index in [-0.39, 0.29) is 5.75 Å². The van der Waals surface area contributed by atoms with Gasteiger partial charge in [-0.15, -0.1) is 0 Å². The first-order valence-corrected chi connectivity index (χ1v) is 10.3. The van der Waals surface area contributed by atoms with Gasteiger partial charge >= 0.3 is 0 Å². The van der Waals surface area contributed by atoms with Crippen LogP contribution >= 0.6 is 0 Å². The smallest absolute Gasteiger partial charge is 0.211 e. The van der Waals surface area contributed by atoms with Crippen molar-refractivity contribution >= 4 is 16.0 Å². The number of aliphatic imine (C=N–C) groups is 1. The molecule has 1 heterocycles. The Morgan fingerprint density at radius 3 is 2.71 bits per heavy atom. The summed E-state index contributed by atoms with van der Waals surface area (Å²) in [6.45, 7) is 7.15. The van der Waals surface area contributed by atoms with E-state index >= 15 is 0 Å². The van der Waals surface area contributed by atoms with Gasteiger partial charge in [-0.25, -0.2) is 13.1 Å². The summed E-state index contributed by atoms with van der Waals surface area (Å²) in [5, 5.41) is 3.31. The van der Waals surface area contributed by atoms with Crippen LogP contribution in [0.2, 0.25) is 0 Å². The van der Waals surface area contributed by atoms with E-state index in [1.807, 2.05) is 13.0 Å². The Labute approximate surface area is 145 Å². The molecule has 0 radical (unpaired) electrons.